The van der Waals surface area contributed by atoms with Crippen LogP contribution in [0, 0.1) is 10.1 Å². The molecule has 1 fully saturated rings. The van der Waals surface area contributed by atoms with E-state index in [1.807, 2.05) is 31.2 Å². The maximum absolute atomic E-state index is 13.0. The van der Waals surface area contributed by atoms with E-state index < -0.39 is 4.92 Å². The molecule has 2 aromatic heterocycles. The van der Waals surface area contributed by atoms with Gasteiger partial charge in [-0.15, -0.1) is 0 Å². The van der Waals surface area contributed by atoms with E-state index >= 15 is 0 Å². The molecule has 0 bridgehead atoms. The molecule has 1 aromatic carbocycles. The van der Waals surface area contributed by atoms with Crippen LogP contribution in [-0.2, 0) is 0 Å². The predicted molar refractivity (Wildman–Crippen MR) is 127 cm³/mol. The maximum atomic E-state index is 13.0. The molecule has 170 valence electrons. The average Bonchev–Trinajstić information content (AvgIpc) is 2.85. The number of hydrogen-bond acceptors (Lipinski definition) is 7. The zero-order valence-electron chi connectivity index (χ0n) is 18.0. The van der Waals surface area contributed by atoms with Gasteiger partial charge >= 0.3 is 0 Å². The second kappa shape index (κ2) is 9.83. The van der Waals surface area contributed by atoms with Gasteiger partial charge in [-0.25, -0.2) is 4.98 Å². The fourth-order valence-electron chi connectivity index (χ4n) is 3.75. The van der Waals surface area contributed by atoms with Gasteiger partial charge in [0.15, 0.2) is 0 Å². The molecule has 0 saturated carbocycles. The fraction of sp³-hybridized carbons (Fsp3) is 0.261. The van der Waals surface area contributed by atoms with Crippen molar-refractivity contribution in [1.82, 2.24) is 14.9 Å². The van der Waals surface area contributed by atoms with Gasteiger partial charge in [0, 0.05) is 50.2 Å². The minimum absolute atomic E-state index is 0.146. The molecule has 1 atom stereocenters. The molecule has 0 radical (unpaired) electrons. The Morgan fingerprint density at radius 2 is 1.91 bits per heavy atom. The molecule has 4 rings (SSSR count). The first-order valence-corrected chi connectivity index (χ1v) is 10.9. The van der Waals surface area contributed by atoms with Gasteiger partial charge < -0.3 is 15.1 Å². The standard InChI is InChI=1S/C23H23ClN6O3/c1-16(19-4-2-3-9-25-19)27-20-7-5-17(14-21(20)30(32)33)23(31)29-12-10-28(11-13-29)22-8-6-18(24)15-26-22/h2-9,14-16,27H,10-13H2,1H3. The Bertz CT molecular complexity index is 1130. The molecule has 1 amide bonds. The third-order valence-corrected chi connectivity index (χ3v) is 5.77. The van der Waals surface area contributed by atoms with Crippen molar-refractivity contribution in [2.45, 2.75) is 13.0 Å². The van der Waals surface area contributed by atoms with Gasteiger partial charge in [0.25, 0.3) is 11.6 Å². The Labute approximate surface area is 196 Å². The van der Waals surface area contributed by atoms with Gasteiger partial charge in [0.05, 0.1) is 21.7 Å². The highest BCUT2D eigenvalue weighted by molar-refractivity contribution is 6.30. The summed E-state index contributed by atoms with van der Waals surface area (Å²) in [5, 5.41) is 15.4. The van der Waals surface area contributed by atoms with E-state index in [1.165, 1.54) is 6.07 Å². The molecule has 1 saturated heterocycles. The molecule has 3 heterocycles. The Hall–Kier alpha value is -3.72. The lowest BCUT2D eigenvalue weighted by molar-refractivity contribution is -0.384. The lowest BCUT2D eigenvalue weighted by Crippen LogP contribution is -2.49. The number of nitrogens with zero attached hydrogens (tertiary/aromatic N) is 5. The zero-order chi connectivity index (χ0) is 23.4. The normalized spacial score (nSPS) is 14.6. The highest BCUT2D eigenvalue weighted by Crippen LogP contribution is 2.29. The van der Waals surface area contributed by atoms with Crippen molar-refractivity contribution in [2.75, 3.05) is 36.4 Å². The van der Waals surface area contributed by atoms with Gasteiger partial charge in [-0.05, 0) is 43.3 Å². The summed E-state index contributed by atoms with van der Waals surface area (Å²) in [5.41, 5.74) is 1.25. The van der Waals surface area contributed by atoms with Crippen LogP contribution >= 0.6 is 11.6 Å². The third-order valence-electron chi connectivity index (χ3n) is 5.55. The predicted octanol–water partition coefficient (Wildman–Crippen LogP) is 4.17. The summed E-state index contributed by atoms with van der Waals surface area (Å²) in [6.45, 7) is 4.09. The second-order valence-electron chi connectivity index (χ2n) is 7.72. The number of carbonyl (C=O) groups excluding carboxylic acids is 1. The number of piperazine rings is 1. The van der Waals surface area contributed by atoms with Crippen molar-refractivity contribution in [3.8, 4) is 0 Å². The molecule has 10 heteroatoms. The summed E-state index contributed by atoms with van der Waals surface area (Å²) in [7, 11) is 0. The third kappa shape index (κ3) is 5.20. The molecule has 33 heavy (non-hydrogen) atoms. The van der Waals surface area contributed by atoms with E-state index in [1.54, 1.807) is 35.5 Å². The summed E-state index contributed by atoms with van der Waals surface area (Å²) in [6, 6.07) is 13.5. The van der Waals surface area contributed by atoms with Gasteiger partial charge in [0.1, 0.15) is 11.5 Å². The number of anilines is 2. The SMILES string of the molecule is CC(Nc1ccc(C(=O)N2CCN(c3ccc(Cl)cn3)CC2)cc1[N+](=O)[O-])c1ccccn1. The fourth-order valence-corrected chi connectivity index (χ4v) is 3.87. The summed E-state index contributed by atoms with van der Waals surface area (Å²) in [4.78, 5) is 36.7. The number of nitro benzene ring substituents is 1. The number of carbonyl (C=O) groups is 1. The summed E-state index contributed by atoms with van der Waals surface area (Å²) >= 11 is 5.90. The molecule has 9 nitrogen and oxygen atoms in total. The first-order valence-electron chi connectivity index (χ1n) is 10.5. The van der Waals surface area contributed by atoms with Gasteiger partial charge in [0.2, 0.25) is 0 Å². The van der Waals surface area contributed by atoms with Gasteiger partial charge in [-0.2, -0.15) is 0 Å². The van der Waals surface area contributed by atoms with Crippen LogP contribution in [0.4, 0.5) is 17.2 Å². The topological polar surface area (TPSA) is 105 Å². The number of aromatic nitrogens is 2. The number of halogens is 1. The molecule has 1 aliphatic heterocycles. The quantitative estimate of drug-likeness (QED) is 0.429. The Balaban J connectivity index is 1.45. The van der Waals surface area contributed by atoms with E-state index in [-0.39, 0.29) is 23.2 Å². The Kier molecular flexibility index (Phi) is 6.69. The molecule has 1 aliphatic rings. The summed E-state index contributed by atoms with van der Waals surface area (Å²) < 4.78 is 0. The Morgan fingerprint density at radius 3 is 2.55 bits per heavy atom. The number of rotatable bonds is 6. The summed E-state index contributed by atoms with van der Waals surface area (Å²) in [6.07, 6.45) is 3.27. The van der Waals surface area contributed by atoms with Crippen LogP contribution in [0.25, 0.3) is 0 Å². The number of hydrogen-bond donors (Lipinski definition) is 1. The first kappa shape index (κ1) is 22.5. The molecular weight excluding hydrogens is 444 g/mol. The number of nitrogens with one attached hydrogen (secondary N) is 1. The Morgan fingerprint density at radius 1 is 1.12 bits per heavy atom. The van der Waals surface area contributed by atoms with E-state index in [0.717, 1.165) is 11.5 Å². The molecule has 1 N–H and O–H groups in total. The molecule has 0 aliphatic carbocycles. The van der Waals surface area contributed by atoms with Crippen molar-refractivity contribution in [3.63, 3.8) is 0 Å². The van der Waals surface area contributed by atoms with Crippen LogP contribution in [0.1, 0.15) is 29.0 Å². The minimum Gasteiger partial charge on any atom is -0.371 e. The van der Waals surface area contributed by atoms with Crippen molar-refractivity contribution in [3.05, 3.63) is 87.3 Å². The van der Waals surface area contributed by atoms with Crippen molar-refractivity contribution in [2.24, 2.45) is 0 Å². The lowest BCUT2D eigenvalue weighted by Gasteiger charge is -2.35. The van der Waals surface area contributed by atoms with Gasteiger partial charge in [-0.1, -0.05) is 17.7 Å². The van der Waals surface area contributed by atoms with Crippen LogP contribution in [0.15, 0.2) is 60.9 Å². The molecule has 1 unspecified atom stereocenters. The molecular formula is C23H23ClN6O3. The molecule has 3 aromatic rings. The van der Waals surface area contributed by atoms with Crippen molar-refractivity contribution >= 4 is 34.7 Å². The zero-order valence-corrected chi connectivity index (χ0v) is 18.8. The van der Waals surface area contributed by atoms with Crippen molar-refractivity contribution in [1.29, 1.82) is 0 Å². The van der Waals surface area contributed by atoms with Crippen LogP contribution in [-0.4, -0.2) is 51.9 Å². The van der Waals surface area contributed by atoms with Crippen LogP contribution in [0.5, 0.6) is 0 Å². The van der Waals surface area contributed by atoms with E-state index in [9.17, 15) is 14.9 Å². The second-order valence-corrected chi connectivity index (χ2v) is 8.16. The smallest absolute Gasteiger partial charge is 0.293 e. The monoisotopic (exact) mass is 466 g/mol. The van der Waals surface area contributed by atoms with Crippen LogP contribution in [0.2, 0.25) is 5.02 Å². The largest absolute Gasteiger partial charge is 0.371 e. The van der Waals surface area contributed by atoms with Crippen LogP contribution in [0.3, 0.4) is 0 Å². The highest BCUT2D eigenvalue weighted by Gasteiger charge is 2.25. The number of amides is 1. The number of pyridine rings is 2. The summed E-state index contributed by atoms with van der Waals surface area (Å²) in [5.74, 6) is 0.575. The lowest BCUT2D eigenvalue weighted by atomic mass is 10.1. The maximum Gasteiger partial charge on any atom is 0.293 e. The highest BCUT2D eigenvalue weighted by atomic mass is 35.5. The number of benzene rings is 1. The number of nitro groups is 1. The first-order chi connectivity index (χ1) is 15.9. The van der Waals surface area contributed by atoms with E-state index in [0.29, 0.717) is 36.9 Å². The van der Waals surface area contributed by atoms with E-state index in [4.69, 9.17) is 11.6 Å². The average molecular weight is 467 g/mol. The van der Waals surface area contributed by atoms with Gasteiger partial charge in [-0.3, -0.25) is 19.9 Å². The van der Waals surface area contributed by atoms with E-state index in [2.05, 4.69) is 20.2 Å². The minimum atomic E-state index is -0.478. The van der Waals surface area contributed by atoms with Crippen molar-refractivity contribution < 1.29 is 9.72 Å². The molecule has 0 spiro atoms. The van der Waals surface area contributed by atoms with Crippen LogP contribution < -0.4 is 10.2 Å².